The van der Waals surface area contributed by atoms with Crippen molar-refractivity contribution < 1.29 is 4.79 Å². The molecule has 0 unspecified atom stereocenters. The van der Waals surface area contributed by atoms with E-state index in [0.29, 0.717) is 6.42 Å². The molecule has 3 nitrogen and oxygen atoms in total. The quantitative estimate of drug-likeness (QED) is 0.760. The first kappa shape index (κ1) is 16.2. The first-order valence-corrected chi connectivity index (χ1v) is 7.77. The maximum atomic E-state index is 11.8. The highest BCUT2D eigenvalue weighted by atomic mass is 16.1. The Morgan fingerprint density at radius 3 is 2.18 bits per heavy atom. The lowest BCUT2D eigenvalue weighted by Gasteiger charge is -2.16. The van der Waals surface area contributed by atoms with Gasteiger partial charge in [-0.15, -0.1) is 0 Å². The zero-order chi connectivity index (χ0) is 15.6. The molecule has 0 aromatic heterocycles. The van der Waals surface area contributed by atoms with Gasteiger partial charge < -0.3 is 10.2 Å². The number of benzene rings is 2. The van der Waals surface area contributed by atoms with Crippen molar-refractivity contribution in [1.82, 2.24) is 10.2 Å². The standard InChI is InChI=1S/C19H24N2O/c1-21(16-18-11-6-3-7-12-18)14-8-13-20-19(22)15-17-9-4-2-5-10-17/h2-7,9-12H,8,13-16H2,1H3,(H,20,22). The molecule has 0 aliphatic heterocycles. The predicted octanol–water partition coefficient (Wildman–Crippen LogP) is 2.87. The molecule has 0 radical (unpaired) electrons. The summed E-state index contributed by atoms with van der Waals surface area (Å²) in [6.45, 7) is 2.64. The Balaban J connectivity index is 1.59. The van der Waals surface area contributed by atoms with Crippen LogP contribution >= 0.6 is 0 Å². The molecule has 0 fully saturated rings. The van der Waals surface area contributed by atoms with E-state index >= 15 is 0 Å². The molecule has 0 atom stereocenters. The second-order valence-corrected chi connectivity index (χ2v) is 5.59. The average Bonchev–Trinajstić information content (AvgIpc) is 2.53. The van der Waals surface area contributed by atoms with Crippen molar-refractivity contribution in [1.29, 1.82) is 0 Å². The summed E-state index contributed by atoms with van der Waals surface area (Å²) in [5.41, 5.74) is 2.37. The van der Waals surface area contributed by atoms with Gasteiger partial charge in [-0.1, -0.05) is 60.7 Å². The van der Waals surface area contributed by atoms with Gasteiger partial charge in [0.05, 0.1) is 6.42 Å². The Labute approximate surface area is 133 Å². The zero-order valence-electron chi connectivity index (χ0n) is 13.2. The molecule has 0 bridgehead atoms. The average molecular weight is 296 g/mol. The largest absolute Gasteiger partial charge is 0.356 e. The van der Waals surface area contributed by atoms with Gasteiger partial charge in [0.1, 0.15) is 0 Å². The lowest BCUT2D eigenvalue weighted by molar-refractivity contribution is -0.120. The van der Waals surface area contributed by atoms with E-state index in [1.165, 1.54) is 5.56 Å². The monoisotopic (exact) mass is 296 g/mol. The minimum absolute atomic E-state index is 0.0944. The van der Waals surface area contributed by atoms with Gasteiger partial charge in [0, 0.05) is 13.1 Å². The molecule has 116 valence electrons. The maximum Gasteiger partial charge on any atom is 0.224 e. The number of nitrogens with one attached hydrogen (secondary N) is 1. The lowest BCUT2D eigenvalue weighted by atomic mass is 10.1. The van der Waals surface area contributed by atoms with Gasteiger partial charge in [-0.2, -0.15) is 0 Å². The molecule has 0 aliphatic rings. The number of rotatable bonds is 8. The second kappa shape index (κ2) is 9.00. The van der Waals surface area contributed by atoms with Crippen LogP contribution in [-0.2, 0) is 17.8 Å². The molecule has 0 saturated heterocycles. The Bertz CT molecular complexity index is 554. The van der Waals surface area contributed by atoms with Crippen LogP contribution in [0.5, 0.6) is 0 Å². The van der Waals surface area contributed by atoms with E-state index in [0.717, 1.165) is 31.6 Å². The van der Waals surface area contributed by atoms with Crippen LogP contribution in [0.4, 0.5) is 0 Å². The van der Waals surface area contributed by atoms with Gasteiger partial charge in [-0.25, -0.2) is 0 Å². The molecule has 1 N–H and O–H groups in total. The highest BCUT2D eigenvalue weighted by Crippen LogP contribution is 2.03. The zero-order valence-corrected chi connectivity index (χ0v) is 13.2. The summed E-state index contributed by atoms with van der Waals surface area (Å²) in [5, 5.41) is 2.98. The molecule has 22 heavy (non-hydrogen) atoms. The van der Waals surface area contributed by atoms with Crippen molar-refractivity contribution in [2.75, 3.05) is 20.1 Å². The topological polar surface area (TPSA) is 32.3 Å². The van der Waals surface area contributed by atoms with E-state index in [1.807, 2.05) is 36.4 Å². The van der Waals surface area contributed by atoms with Crippen molar-refractivity contribution in [3.05, 3.63) is 71.8 Å². The van der Waals surface area contributed by atoms with Crippen molar-refractivity contribution in [2.24, 2.45) is 0 Å². The van der Waals surface area contributed by atoms with E-state index in [-0.39, 0.29) is 5.91 Å². The summed E-state index contributed by atoms with van der Waals surface area (Å²) >= 11 is 0. The van der Waals surface area contributed by atoms with Crippen LogP contribution in [0.2, 0.25) is 0 Å². The van der Waals surface area contributed by atoms with Crippen LogP contribution in [0.25, 0.3) is 0 Å². The van der Waals surface area contributed by atoms with E-state index < -0.39 is 0 Å². The summed E-state index contributed by atoms with van der Waals surface area (Å²) in [5.74, 6) is 0.0944. The minimum Gasteiger partial charge on any atom is -0.356 e. The van der Waals surface area contributed by atoms with Crippen LogP contribution in [0, 0.1) is 0 Å². The van der Waals surface area contributed by atoms with Gasteiger partial charge in [0.15, 0.2) is 0 Å². The fraction of sp³-hybridized carbons (Fsp3) is 0.316. The van der Waals surface area contributed by atoms with Crippen LogP contribution in [-0.4, -0.2) is 30.9 Å². The molecule has 2 aromatic rings. The summed E-state index contributed by atoms with van der Waals surface area (Å²) < 4.78 is 0. The molecule has 0 saturated carbocycles. The van der Waals surface area contributed by atoms with E-state index in [4.69, 9.17) is 0 Å². The Morgan fingerprint density at radius 2 is 1.55 bits per heavy atom. The van der Waals surface area contributed by atoms with E-state index in [1.54, 1.807) is 0 Å². The number of carbonyl (C=O) groups excluding carboxylic acids is 1. The van der Waals surface area contributed by atoms with Crippen LogP contribution in [0.1, 0.15) is 17.5 Å². The number of nitrogens with zero attached hydrogens (tertiary/aromatic N) is 1. The van der Waals surface area contributed by atoms with Gasteiger partial charge in [0.2, 0.25) is 5.91 Å². The number of amides is 1. The van der Waals surface area contributed by atoms with Crippen molar-refractivity contribution in [3.8, 4) is 0 Å². The highest BCUT2D eigenvalue weighted by molar-refractivity contribution is 5.78. The second-order valence-electron chi connectivity index (χ2n) is 5.59. The van der Waals surface area contributed by atoms with Gasteiger partial charge >= 0.3 is 0 Å². The number of hydrogen-bond donors (Lipinski definition) is 1. The third-order valence-corrected chi connectivity index (χ3v) is 3.54. The molecular formula is C19H24N2O. The van der Waals surface area contributed by atoms with E-state index in [2.05, 4.69) is 41.5 Å². The predicted molar refractivity (Wildman–Crippen MR) is 90.5 cm³/mol. The molecule has 0 aliphatic carbocycles. The third-order valence-electron chi connectivity index (χ3n) is 3.54. The first-order valence-electron chi connectivity index (χ1n) is 7.77. The molecule has 2 rings (SSSR count). The van der Waals surface area contributed by atoms with E-state index in [9.17, 15) is 4.79 Å². The fourth-order valence-corrected chi connectivity index (χ4v) is 2.39. The number of hydrogen-bond acceptors (Lipinski definition) is 2. The summed E-state index contributed by atoms with van der Waals surface area (Å²) in [6.07, 6.45) is 1.42. The Kier molecular flexibility index (Phi) is 6.65. The van der Waals surface area contributed by atoms with Crippen LogP contribution in [0.3, 0.4) is 0 Å². The SMILES string of the molecule is CN(CCCNC(=O)Cc1ccccc1)Cc1ccccc1. The van der Waals surface area contributed by atoms with Gasteiger partial charge in [0.25, 0.3) is 0 Å². The first-order chi connectivity index (χ1) is 10.7. The normalized spacial score (nSPS) is 10.6. The van der Waals surface area contributed by atoms with Gasteiger partial charge in [-0.3, -0.25) is 4.79 Å². The Morgan fingerprint density at radius 1 is 0.955 bits per heavy atom. The van der Waals surface area contributed by atoms with Crippen molar-refractivity contribution in [3.63, 3.8) is 0 Å². The van der Waals surface area contributed by atoms with Crippen molar-refractivity contribution in [2.45, 2.75) is 19.4 Å². The summed E-state index contributed by atoms with van der Waals surface area (Å²) in [7, 11) is 2.11. The number of carbonyl (C=O) groups is 1. The summed E-state index contributed by atoms with van der Waals surface area (Å²) in [6, 6.07) is 20.3. The molecular weight excluding hydrogens is 272 g/mol. The molecule has 2 aromatic carbocycles. The van der Waals surface area contributed by atoms with Crippen molar-refractivity contribution >= 4 is 5.91 Å². The minimum atomic E-state index is 0.0944. The smallest absolute Gasteiger partial charge is 0.224 e. The molecule has 3 heteroatoms. The maximum absolute atomic E-state index is 11.8. The fourth-order valence-electron chi connectivity index (χ4n) is 2.39. The third kappa shape index (κ3) is 6.10. The molecule has 0 spiro atoms. The Hall–Kier alpha value is -2.13. The summed E-state index contributed by atoms with van der Waals surface area (Å²) in [4.78, 5) is 14.1. The highest BCUT2D eigenvalue weighted by Gasteiger charge is 2.03. The van der Waals surface area contributed by atoms with Crippen LogP contribution in [0.15, 0.2) is 60.7 Å². The van der Waals surface area contributed by atoms with Crippen LogP contribution < -0.4 is 5.32 Å². The molecule has 1 amide bonds. The lowest BCUT2D eigenvalue weighted by Crippen LogP contribution is -2.29. The van der Waals surface area contributed by atoms with Gasteiger partial charge in [-0.05, 0) is 31.1 Å². The molecule has 0 heterocycles.